The fourth-order valence-electron chi connectivity index (χ4n) is 2.04. The van der Waals surface area contributed by atoms with Crippen LogP contribution in [0.2, 0.25) is 0 Å². The summed E-state index contributed by atoms with van der Waals surface area (Å²) in [5.41, 5.74) is 0.984. The third kappa shape index (κ3) is 4.10. The molecule has 7 nitrogen and oxygen atoms in total. The summed E-state index contributed by atoms with van der Waals surface area (Å²) in [6, 6.07) is 11.2. The highest BCUT2D eigenvalue weighted by Crippen LogP contribution is 2.29. The van der Waals surface area contributed by atoms with Crippen LogP contribution in [-0.4, -0.2) is 25.1 Å². The quantitative estimate of drug-likeness (QED) is 0.499. The van der Waals surface area contributed by atoms with Gasteiger partial charge in [0, 0.05) is 17.7 Å². The summed E-state index contributed by atoms with van der Waals surface area (Å²) in [5, 5.41) is 13.4. The van der Waals surface area contributed by atoms with E-state index in [0.29, 0.717) is 11.4 Å². The number of non-ortho nitro benzene ring substituents is 1. The summed E-state index contributed by atoms with van der Waals surface area (Å²) in [5.74, 6) is 0.464. The largest absolute Gasteiger partial charge is 0.496 e. The molecule has 7 heteroatoms. The Balaban J connectivity index is 2.15. The molecule has 0 aliphatic rings. The lowest BCUT2D eigenvalue weighted by Gasteiger charge is -2.08. The number of rotatable bonds is 6. The number of benzene rings is 2. The third-order valence-corrected chi connectivity index (χ3v) is 3.21. The van der Waals surface area contributed by atoms with Gasteiger partial charge in [-0.15, -0.1) is 0 Å². The molecule has 0 aromatic heterocycles. The van der Waals surface area contributed by atoms with Crippen LogP contribution in [-0.2, 0) is 4.79 Å². The molecule has 0 saturated carbocycles. The molecule has 0 radical (unpaired) electrons. The number of hydrogen-bond acceptors (Lipinski definition) is 5. The molecule has 2 rings (SSSR count). The van der Waals surface area contributed by atoms with Crippen molar-refractivity contribution in [2.24, 2.45) is 0 Å². The smallest absolute Gasteiger partial charge is 0.273 e. The average Bonchev–Trinajstić information content (AvgIpc) is 2.60. The van der Waals surface area contributed by atoms with E-state index in [2.05, 4.69) is 5.32 Å². The molecule has 0 saturated heterocycles. The second-order valence-corrected chi connectivity index (χ2v) is 4.71. The van der Waals surface area contributed by atoms with Crippen molar-refractivity contribution in [1.82, 2.24) is 0 Å². The molecule has 0 bridgehead atoms. The highest BCUT2D eigenvalue weighted by Gasteiger charge is 2.12. The van der Waals surface area contributed by atoms with Gasteiger partial charge in [0.2, 0.25) is 5.91 Å². The molecule has 2 aromatic carbocycles. The minimum atomic E-state index is -0.532. The molecule has 0 heterocycles. The summed E-state index contributed by atoms with van der Waals surface area (Å²) < 4.78 is 10.3. The van der Waals surface area contributed by atoms with E-state index in [-0.39, 0.29) is 11.4 Å². The number of carbonyl (C=O) groups excluding carboxylic acids is 1. The number of amides is 1. The lowest BCUT2D eigenvalue weighted by atomic mass is 10.2. The van der Waals surface area contributed by atoms with Gasteiger partial charge in [-0.05, 0) is 18.2 Å². The molecule has 1 amide bonds. The minimum absolute atomic E-state index is 0.116. The topological polar surface area (TPSA) is 90.7 Å². The third-order valence-electron chi connectivity index (χ3n) is 3.21. The number of nitro benzene ring substituents is 1. The van der Waals surface area contributed by atoms with E-state index in [1.807, 2.05) is 18.2 Å². The summed E-state index contributed by atoms with van der Waals surface area (Å²) in [7, 11) is 2.92. The van der Waals surface area contributed by atoms with E-state index in [9.17, 15) is 14.9 Å². The minimum Gasteiger partial charge on any atom is -0.496 e. The van der Waals surface area contributed by atoms with Gasteiger partial charge in [-0.3, -0.25) is 14.9 Å². The van der Waals surface area contributed by atoms with Crippen LogP contribution in [0.15, 0.2) is 48.5 Å². The summed E-state index contributed by atoms with van der Waals surface area (Å²) in [4.78, 5) is 22.3. The van der Waals surface area contributed by atoms with E-state index < -0.39 is 10.8 Å². The van der Waals surface area contributed by atoms with E-state index in [4.69, 9.17) is 9.47 Å². The maximum Gasteiger partial charge on any atom is 0.273 e. The van der Waals surface area contributed by atoms with Crippen LogP contribution in [0.25, 0.3) is 6.08 Å². The normalized spacial score (nSPS) is 10.4. The van der Waals surface area contributed by atoms with E-state index >= 15 is 0 Å². The summed E-state index contributed by atoms with van der Waals surface area (Å²) >= 11 is 0. The Morgan fingerprint density at radius 3 is 2.50 bits per heavy atom. The van der Waals surface area contributed by atoms with Gasteiger partial charge in [-0.2, -0.15) is 0 Å². The fraction of sp³-hybridized carbons (Fsp3) is 0.118. The van der Waals surface area contributed by atoms with Gasteiger partial charge in [0.15, 0.2) is 0 Å². The van der Waals surface area contributed by atoms with Crippen molar-refractivity contribution in [2.75, 3.05) is 19.5 Å². The predicted octanol–water partition coefficient (Wildman–Crippen LogP) is 3.26. The monoisotopic (exact) mass is 328 g/mol. The molecule has 124 valence electrons. The molecule has 0 atom stereocenters. The van der Waals surface area contributed by atoms with Crippen LogP contribution in [0, 0.1) is 10.1 Å². The molecular formula is C17H16N2O5. The Bertz CT molecular complexity index is 786. The lowest BCUT2D eigenvalue weighted by Crippen LogP contribution is -2.09. The molecule has 0 aliphatic heterocycles. The molecule has 0 aliphatic carbocycles. The van der Waals surface area contributed by atoms with Gasteiger partial charge in [0.25, 0.3) is 5.69 Å². The highest BCUT2D eigenvalue weighted by atomic mass is 16.6. The van der Waals surface area contributed by atoms with Crippen molar-refractivity contribution in [3.8, 4) is 11.5 Å². The average molecular weight is 328 g/mol. The molecule has 2 aromatic rings. The van der Waals surface area contributed by atoms with Gasteiger partial charge < -0.3 is 14.8 Å². The zero-order valence-corrected chi connectivity index (χ0v) is 13.2. The van der Waals surface area contributed by atoms with E-state index in [0.717, 1.165) is 5.56 Å². The van der Waals surface area contributed by atoms with Gasteiger partial charge >= 0.3 is 0 Å². The second-order valence-electron chi connectivity index (χ2n) is 4.71. The van der Waals surface area contributed by atoms with Crippen molar-refractivity contribution < 1.29 is 19.2 Å². The maximum atomic E-state index is 12.0. The molecule has 24 heavy (non-hydrogen) atoms. The van der Waals surface area contributed by atoms with Gasteiger partial charge in [-0.25, -0.2) is 0 Å². The number of methoxy groups -OCH3 is 2. The zero-order valence-electron chi connectivity index (χ0n) is 13.2. The Kier molecular flexibility index (Phi) is 5.51. The second kappa shape index (κ2) is 7.77. The van der Waals surface area contributed by atoms with Crippen molar-refractivity contribution in [2.45, 2.75) is 0 Å². The zero-order chi connectivity index (χ0) is 17.5. The number of carbonyl (C=O) groups is 1. The first-order valence-electron chi connectivity index (χ1n) is 6.99. The fourth-order valence-corrected chi connectivity index (χ4v) is 2.04. The first kappa shape index (κ1) is 17.0. The maximum absolute atomic E-state index is 12.0. The van der Waals surface area contributed by atoms with Crippen molar-refractivity contribution >= 4 is 23.4 Å². The lowest BCUT2D eigenvalue weighted by molar-refractivity contribution is -0.384. The van der Waals surface area contributed by atoms with Gasteiger partial charge in [0.05, 0.1) is 30.9 Å². The Labute approximate surface area is 138 Å². The molecule has 0 fully saturated rings. The van der Waals surface area contributed by atoms with Crippen LogP contribution in [0.5, 0.6) is 11.5 Å². The Hall–Kier alpha value is -3.35. The van der Waals surface area contributed by atoms with E-state index in [1.165, 1.54) is 31.4 Å². The summed E-state index contributed by atoms with van der Waals surface area (Å²) in [6.07, 6.45) is 2.96. The van der Waals surface area contributed by atoms with Crippen LogP contribution >= 0.6 is 0 Å². The summed E-state index contributed by atoms with van der Waals surface area (Å²) in [6.45, 7) is 0. The first-order valence-corrected chi connectivity index (χ1v) is 6.99. The molecule has 1 N–H and O–H groups in total. The number of anilines is 1. The van der Waals surface area contributed by atoms with Crippen LogP contribution in [0.4, 0.5) is 11.4 Å². The number of hydrogen-bond donors (Lipinski definition) is 1. The van der Waals surface area contributed by atoms with Crippen LogP contribution in [0.3, 0.4) is 0 Å². The SMILES string of the molecule is COc1ccccc1C=CC(=O)Nc1ccc([N+](=O)[O-])cc1OC. The number of ether oxygens (including phenoxy) is 2. The van der Waals surface area contributed by atoms with Crippen molar-refractivity contribution in [3.63, 3.8) is 0 Å². The number of para-hydroxylation sites is 1. The van der Waals surface area contributed by atoms with Crippen molar-refractivity contribution in [3.05, 3.63) is 64.2 Å². The van der Waals surface area contributed by atoms with Gasteiger partial charge in [-0.1, -0.05) is 18.2 Å². The molecule has 0 unspecified atom stereocenters. The predicted molar refractivity (Wildman–Crippen MR) is 90.3 cm³/mol. The number of nitro groups is 1. The van der Waals surface area contributed by atoms with Crippen molar-refractivity contribution in [1.29, 1.82) is 0 Å². The first-order chi connectivity index (χ1) is 11.5. The Morgan fingerprint density at radius 1 is 1.12 bits per heavy atom. The molecular weight excluding hydrogens is 312 g/mol. The number of nitrogens with one attached hydrogen (secondary N) is 1. The standard InChI is InChI=1S/C17H16N2O5/c1-23-15-6-4-3-5-12(15)7-10-17(20)18-14-9-8-13(19(21)22)11-16(14)24-2/h3-11H,1-2H3,(H,18,20). The molecule has 0 spiro atoms. The highest BCUT2D eigenvalue weighted by molar-refractivity contribution is 6.03. The number of nitrogens with zero attached hydrogens (tertiary/aromatic N) is 1. The van der Waals surface area contributed by atoms with E-state index in [1.54, 1.807) is 19.3 Å². The van der Waals surface area contributed by atoms with Crippen LogP contribution < -0.4 is 14.8 Å². The van der Waals surface area contributed by atoms with Gasteiger partial charge in [0.1, 0.15) is 11.5 Å². The van der Waals surface area contributed by atoms with Crippen LogP contribution in [0.1, 0.15) is 5.56 Å². The Morgan fingerprint density at radius 2 is 1.83 bits per heavy atom.